The van der Waals surface area contributed by atoms with Crippen LogP contribution in [-0.2, 0) is 9.59 Å². The summed E-state index contributed by atoms with van der Waals surface area (Å²) in [5.41, 5.74) is 5.08. The van der Waals surface area contributed by atoms with Gasteiger partial charge in [0.1, 0.15) is 12.6 Å². The molecule has 3 nitrogen and oxygen atoms in total. The average molecular weight is 115 g/mol. The van der Waals surface area contributed by atoms with E-state index in [0.29, 0.717) is 12.6 Å². The molecule has 3 heteroatoms. The van der Waals surface area contributed by atoms with Crippen LogP contribution in [0.3, 0.4) is 0 Å². The summed E-state index contributed by atoms with van der Waals surface area (Å²) in [6.45, 7) is 0.266. The molecule has 0 saturated heterocycles. The normalized spacial score (nSPS) is 12.6. The van der Waals surface area contributed by atoms with Gasteiger partial charge in [-0.2, -0.15) is 0 Å². The lowest BCUT2D eigenvalue weighted by Gasteiger charge is -1.97. The van der Waals surface area contributed by atoms with E-state index in [4.69, 9.17) is 5.73 Å². The zero-order chi connectivity index (χ0) is 6.41. The van der Waals surface area contributed by atoms with Crippen molar-refractivity contribution in [2.75, 3.05) is 6.54 Å². The molecule has 0 spiro atoms. The van der Waals surface area contributed by atoms with Crippen molar-refractivity contribution in [2.45, 2.75) is 6.42 Å². The molecule has 0 aromatic rings. The van der Waals surface area contributed by atoms with E-state index in [1.807, 2.05) is 0 Å². The minimum Gasteiger partial charge on any atom is -0.330 e. The molecule has 0 fully saturated rings. The van der Waals surface area contributed by atoms with Gasteiger partial charge in [-0.05, 0) is 0 Å². The smallest absolute Gasteiger partial charge is 0.124 e. The van der Waals surface area contributed by atoms with Crippen molar-refractivity contribution in [1.29, 1.82) is 0 Å². The largest absolute Gasteiger partial charge is 0.330 e. The van der Waals surface area contributed by atoms with Crippen molar-refractivity contribution < 1.29 is 9.59 Å². The zero-order valence-electron chi connectivity index (χ0n) is 4.54. The summed E-state index contributed by atoms with van der Waals surface area (Å²) in [5.74, 6) is -0.271. The molecule has 0 aromatic carbocycles. The molecule has 1 atom stereocenters. The predicted octanol–water partition coefficient (Wildman–Crippen LogP) is -0.651. The summed E-state index contributed by atoms with van der Waals surface area (Å²) in [7, 11) is 0. The van der Waals surface area contributed by atoms with Gasteiger partial charge in [0, 0.05) is 18.9 Å². The van der Waals surface area contributed by atoms with Crippen LogP contribution in [0.1, 0.15) is 6.42 Å². The summed E-state index contributed by atoms with van der Waals surface area (Å²) in [6.07, 6.45) is 1.65. The maximum absolute atomic E-state index is 9.89. The van der Waals surface area contributed by atoms with Crippen LogP contribution in [0.5, 0.6) is 0 Å². The summed E-state index contributed by atoms with van der Waals surface area (Å²) < 4.78 is 0. The van der Waals surface area contributed by atoms with Crippen LogP contribution in [0.4, 0.5) is 0 Å². The van der Waals surface area contributed by atoms with Gasteiger partial charge in [0.15, 0.2) is 0 Å². The van der Waals surface area contributed by atoms with Gasteiger partial charge in [0.05, 0.1) is 0 Å². The molecule has 0 aliphatic carbocycles. The maximum Gasteiger partial charge on any atom is 0.124 e. The van der Waals surface area contributed by atoms with E-state index in [9.17, 15) is 9.59 Å². The molecule has 0 amide bonds. The zero-order valence-corrected chi connectivity index (χ0v) is 4.54. The van der Waals surface area contributed by atoms with Gasteiger partial charge in [0.25, 0.3) is 0 Å². The topological polar surface area (TPSA) is 60.2 Å². The first-order valence-corrected chi connectivity index (χ1v) is 2.44. The van der Waals surface area contributed by atoms with Crippen LogP contribution in [-0.4, -0.2) is 19.1 Å². The van der Waals surface area contributed by atoms with Crippen LogP contribution in [0.15, 0.2) is 0 Å². The first-order chi connectivity index (χ1) is 3.85. The third-order valence-corrected chi connectivity index (χ3v) is 0.894. The Kier molecular flexibility index (Phi) is 4.07. The number of nitrogens with two attached hydrogens (primary N) is 1. The van der Waals surface area contributed by atoms with Crippen LogP contribution in [0.25, 0.3) is 0 Å². The summed E-state index contributed by atoms with van der Waals surface area (Å²) in [6, 6.07) is 0. The van der Waals surface area contributed by atoms with Crippen LogP contribution >= 0.6 is 0 Å². The fourth-order valence-corrected chi connectivity index (χ4v) is 0.331. The second-order valence-corrected chi connectivity index (χ2v) is 1.53. The monoisotopic (exact) mass is 115 g/mol. The lowest BCUT2D eigenvalue weighted by atomic mass is 10.1. The van der Waals surface area contributed by atoms with Crippen molar-refractivity contribution in [3.8, 4) is 0 Å². The standard InChI is InChI=1S/C5H9NO2/c6-3-5(4-8)1-2-7/h2,4-5H,1,3,6H2. The molecule has 8 heavy (non-hydrogen) atoms. The molecule has 0 aliphatic heterocycles. The molecule has 2 N–H and O–H groups in total. The minimum absolute atomic E-state index is 0.250. The number of rotatable bonds is 4. The highest BCUT2D eigenvalue weighted by Gasteiger charge is 2.00. The van der Waals surface area contributed by atoms with Crippen molar-refractivity contribution in [3.05, 3.63) is 0 Å². The lowest BCUT2D eigenvalue weighted by Crippen LogP contribution is -2.15. The fourth-order valence-electron chi connectivity index (χ4n) is 0.331. The van der Waals surface area contributed by atoms with Crippen molar-refractivity contribution in [1.82, 2.24) is 0 Å². The first kappa shape index (κ1) is 7.30. The summed E-state index contributed by atoms with van der Waals surface area (Å²) in [5, 5.41) is 0. The van der Waals surface area contributed by atoms with E-state index < -0.39 is 0 Å². The summed E-state index contributed by atoms with van der Waals surface area (Å²) in [4.78, 5) is 19.6. The second-order valence-electron chi connectivity index (χ2n) is 1.53. The molecule has 0 radical (unpaired) electrons. The predicted molar refractivity (Wildman–Crippen MR) is 29.3 cm³/mol. The van der Waals surface area contributed by atoms with Crippen molar-refractivity contribution >= 4 is 12.6 Å². The quantitative estimate of drug-likeness (QED) is 0.495. The summed E-state index contributed by atoms with van der Waals surface area (Å²) >= 11 is 0. The number of carbonyl (C=O) groups is 2. The first-order valence-electron chi connectivity index (χ1n) is 2.44. The molecule has 46 valence electrons. The third kappa shape index (κ3) is 2.47. The van der Waals surface area contributed by atoms with E-state index in [1.54, 1.807) is 0 Å². The molecular formula is C5H9NO2. The van der Waals surface area contributed by atoms with Gasteiger partial charge in [-0.3, -0.25) is 0 Å². The highest BCUT2D eigenvalue weighted by atomic mass is 16.1. The second kappa shape index (κ2) is 4.46. The highest BCUT2D eigenvalue weighted by Crippen LogP contribution is 1.90. The molecule has 0 rings (SSSR count). The molecule has 0 heterocycles. The Balaban J connectivity index is 3.35. The maximum atomic E-state index is 9.89. The number of hydrogen-bond acceptors (Lipinski definition) is 3. The minimum atomic E-state index is -0.271. The third-order valence-electron chi connectivity index (χ3n) is 0.894. The Morgan fingerprint density at radius 3 is 2.25 bits per heavy atom. The number of hydrogen-bond donors (Lipinski definition) is 1. The highest BCUT2D eigenvalue weighted by molar-refractivity contribution is 5.62. The van der Waals surface area contributed by atoms with Gasteiger partial charge >= 0.3 is 0 Å². The Hall–Kier alpha value is -0.700. The van der Waals surface area contributed by atoms with E-state index in [1.165, 1.54) is 0 Å². The number of carbonyl (C=O) groups excluding carboxylic acids is 2. The van der Waals surface area contributed by atoms with Crippen LogP contribution in [0, 0.1) is 5.92 Å². The van der Waals surface area contributed by atoms with Crippen molar-refractivity contribution in [2.24, 2.45) is 11.7 Å². The molecule has 0 aromatic heterocycles. The number of aldehydes is 2. The fraction of sp³-hybridized carbons (Fsp3) is 0.600. The molecule has 0 aliphatic rings. The Labute approximate surface area is 47.9 Å². The van der Waals surface area contributed by atoms with Crippen LogP contribution in [0.2, 0.25) is 0 Å². The molecule has 0 bridgehead atoms. The van der Waals surface area contributed by atoms with E-state index in [0.717, 1.165) is 0 Å². The molecule has 0 saturated carbocycles. The van der Waals surface area contributed by atoms with Gasteiger partial charge in [-0.15, -0.1) is 0 Å². The van der Waals surface area contributed by atoms with Gasteiger partial charge in [-0.25, -0.2) is 0 Å². The molecular weight excluding hydrogens is 106 g/mol. The van der Waals surface area contributed by atoms with Gasteiger partial charge in [-0.1, -0.05) is 0 Å². The Bertz CT molecular complexity index is 82.5. The molecule has 1 unspecified atom stereocenters. The van der Waals surface area contributed by atoms with Crippen molar-refractivity contribution in [3.63, 3.8) is 0 Å². The van der Waals surface area contributed by atoms with E-state index in [-0.39, 0.29) is 18.9 Å². The SMILES string of the molecule is NCC(C=O)CC=O. The Morgan fingerprint density at radius 2 is 2.12 bits per heavy atom. The average Bonchev–Trinajstić information content (AvgIpc) is 1.83. The Morgan fingerprint density at radius 1 is 1.50 bits per heavy atom. The van der Waals surface area contributed by atoms with E-state index >= 15 is 0 Å². The van der Waals surface area contributed by atoms with E-state index in [2.05, 4.69) is 0 Å². The van der Waals surface area contributed by atoms with Gasteiger partial charge in [0.2, 0.25) is 0 Å². The van der Waals surface area contributed by atoms with Crippen LogP contribution < -0.4 is 5.73 Å². The lowest BCUT2D eigenvalue weighted by molar-refractivity contribution is -0.115. The van der Waals surface area contributed by atoms with Gasteiger partial charge < -0.3 is 15.3 Å².